The van der Waals surface area contributed by atoms with Crippen molar-refractivity contribution in [2.75, 3.05) is 12.8 Å². The molecule has 0 aliphatic rings. The number of hydrogen-bond acceptors (Lipinski definition) is 4. The SMILES string of the molecule is CCC(Oc1ccc(N)cc1OC)C(=O)O. The first kappa shape index (κ1) is 12.2. The highest BCUT2D eigenvalue weighted by atomic mass is 16.5. The van der Waals surface area contributed by atoms with Crippen LogP contribution >= 0.6 is 0 Å². The summed E-state index contributed by atoms with van der Waals surface area (Å²) in [5, 5.41) is 8.86. The van der Waals surface area contributed by atoms with E-state index in [1.54, 1.807) is 25.1 Å². The Hall–Kier alpha value is -1.91. The predicted octanol–water partition coefficient (Wildman–Crippen LogP) is 1.52. The fraction of sp³-hybridized carbons (Fsp3) is 0.364. The number of hydrogen-bond donors (Lipinski definition) is 2. The van der Waals surface area contributed by atoms with Crippen molar-refractivity contribution in [3.05, 3.63) is 18.2 Å². The molecule has 16 heavy (non-hydrogen) atoms. The highest BCUT2D eigenvalue weighted by molar-refractivity contribution is 5.72. The summed E-state index contributed by atoms with van der Waals surface area (Å²) in [7, 11) is 1.48. The molecule has 0 spiro atoms. The maximum absolute atomic E-state index is 10.8. The van der Waals surface area contributed by atoms with Crippen molar-refractivity contribution in [1.82, 2.24) is 0 Å². The van der Waals surface area contributed by atoms with Crippen molar-refractivity contribution in [2.45, 2.75) is 19.4 Å². The summed E-state index contributed by atoms with van der Waals surface area (Å²) in [5.74, 6) is -0.188. The highest BCUT2D eigenvalue weighted by Crippen LogP contribution is 2.30. The fourth-order valence-corrected chi connectivity index (χ4v) is 1.24. The van der Waals surface area contributed by atoms with E-state index in [0.29, 0.717) is 23.6 Å². The zero-order valence-electron chi connectivity index (χ0n) is 9.27. The van der Waals surface area contributed by atoms with Gasteiger partial charge in [0.05, 0.1) is 7.11 Å². The number of rotatable bonds is 5. The van der Waals surface area contributed by atoms with Gasteiger partial charge in [-0.1, -0.05) is 6.92 Å². The molecule has 1 aromatic rings. The summed E-state index contributed by atoms with van der Waals surface area (Å²) >= 11 is 0. The lowest BCUT2D eigenvalue weighted by atomic mass is 10.2. The quantitative estimate of drug-likeness (QED) is 0.742. The molecule has 0 fully saturated rings. The standard InChI is InChI=1S/C11H15NO4/c1-3-8(11(13)14)16-9-5-4-7(12)6-10(9)15-2/h4-6,8H,3,12H2,1-2H3,(H,13,14). The number of carboxylic acids is 1. The molecule has 88 valence electrons. The Morgan fingerprint density at radius 1 is 1.50 bits per heavy atom. The maximum Gasteiger partial charge on any atom is 0.344 e. The van der Waals surface area contributed by atoms with Gasteiger partial charge in [0.15, 0.2) is 17.6 Å². The van der Waals surface area contributed by atoms with E-state index in [4.69, 9.17) is 20.3 Å². The van der Waals surface area contributed by atoms with Crippen LogP contribution in [-0.2, 0) is 4.79 Å². The second-order valence-electron chi connectivity index (χ2n) is 3.26. The van der Waals surface area contributed by atoms with Gasteiger partial charge in [-0.3, -0.25) is 0 Å². The summed E-state index contributed by atoms with van der Waals surface area (Å²) in [6, 6.07) is 4.82. The monoisotopic (exact) mass is 225 g/mol. The normalized spacial score (nSPS) is 11.9. The minimum atomic E-state index is -0.999. The molecule has 0 radical (unpaired) electrons. The molecule has 5 heteroatoms. The van der Waals surface area contributed by atoms with Gasteiger partial charge in [-0.05, 0) is 18.6 Å². The Labute approximate surface area is 93.8 Å². The highest BCUT2D eigenvalue weighted by Gasteiger charge is 2.18. The number of carbonyl (C=O) groups is 1. The lowest BCUT2D eigenvalue weighted by Crippen LogP contribution is -2.26. The van der Waals surface area contributed by atoms with Crippen LogP contribution in [-0.4, -0.2) is 24.3 Å². The zero-order chi connectivity index (χ0) is 12.1. The van der Waals surface area contributed by atoms with Gasteiger partial charge in [0.25, 0.3) is 0 Å². The molecule has 0 aliphatic carbocycles. The molecule has 0 aliphatic heterocycles. The molecule has 3 N–H and O–H groups in total. The van der Waals surface area contributed by atoms with Crippen molar-refractivity contribution in [1.29, 1.82) is 0 Å². The number of nitrogens with two attached hydrogens (primary N) is 1. The van der Waals surface area contributed by atoms with E-state index in [2.05, 4.69) is 0 Å². The van der Waals surface area contributed by atoms with Crippen molar-refractivity contribution in [2.24, 2.45) is 0 Å². The number of benzene rings is 1. The average Bonchev–Trinajstić information content (AvgIpc) is 2.26. The number of nitrogen functional groups attached to an aromatic ring is 1. The van der Waals surface area contributed by atoms with Crippen LogP contribution in [0.3, 0.4) is 0 Å². The number of carboxylic acid groups (broad SMARTS) is 1. The Balaban J connectivity index is 2.91. The summed E-state index contributed by atoms with van der Waals surface area (Å²) in [4.78, 5) is 10.8. The third-order valence-corrected chi connectivity index (χ3v) is 2.10. The van der Waals surface area contributed by atoms with Crippen LogP contribution in [0.2, 0.25) is 0 Å². The largest absolute Gasteiger partial charge is 0.493 e. The van der Waals surface area contributed by atoms with Crippen LogP contribution in [0.5, 0.6) is 11.5 Å². The number of ether oxygens (including phenoxy) is 2. The maximum atomic E-state index is 10.8. The van der Waals surface area contributed by atoms with Crippen LogP contribution in [0, 0.1) is 0 Å². The van der Waals surface area contributed by atoms with Gasteiger partial charge < -0.3 is 20.3 Å². The molecular formula is C11H15NO4. The summed E-state index contributed by atoms with van der Waals surface area (Å²) in [5.41, 5.74) is 6.11. The van der Waals surface area contributed by atoms with Gasteiger partial charge in [0.1, 0.15) is 0 Å². The molecular weight excluding hydrogens is 210 g/mol. The minimum absolute atomic E-state index is 0.378. The zero-order valence-corrected chi connectivity index (χ0v) is 9.27. The van der Waals surface area contributed by atoms with Crippen LogP contribution in [0.1, 0.15) is 13.3 Å². The van der Waals surface area contributed by atoms with Crippen LogP contribution in [0.15, 0.2) is 18.2 Å². The lowest BCUT2D eigenvalue weighted by molar-refractivity contribution is -0.145. The van der Waals surface area contributed by atoms with Crippen molar-refractivity contribution in [3.8, 4) is 11.5 Å². The summed E-state index contributed by atoms with van der Waals surface area (Å²) in [6.45, 7) is 1.74. The topological polar surface area (TPSA) is 81.8 Å². The Kier molecular flexibility index (Phi) is 3.99. The molecule has 1 rings (SSSR count). The van der Waals surface area contributed by atoms with Gasteiger partial charge in [-0.2, -0.15) is 0 Å². The average molecular weight is 225 g/mol. The van der Waals surface area contributed by atoms with Gasteiger partial charge in [0.2, 0.25) is 0 Å². The smallest absolute Gasteiger partial charge is 0.344 e. The van der Waals surface area contributed by atoms with E-state index in [0.717, 1.165) is 0 Å². The van der Waals surface area contributed by atoms with Crippen molar-refractivity contribution in [3.63, 3.8) is 0 Å². The fourth-order valence-electron chi connectivity index (χ4n) is 1.24. The van der Waals surface area contributed by atoms with Crippen molar-refractivity contribution >= 4 is 11.7 Å². The third-order valence-electron chi connectivity index (χ3n) is 2.10. The molecule has 0 amide bonds. The van der Waals surface area contributed by atoms with Gasteiger partial charge >= 0.3 is 5.97 Å². The molecule has 1 aromatic carbocycles. The molecule has 0 saturated heterocycles. The molecule has 0 heterocycles. The second kappa shape index (κ2) is 5.25. The molecule has 1 atom stereocenters. The van der Waals surface area contributed by atoms with E-state index >= 15 is 0 Å². The molecule has 5 nitrogen and oxygen atoms in total. The lowest BCUT2D eigenvalue weighted by Gasteiger charge is -2.15. The van der Waals surface area contributed by atoms with Crippen LogP contribution in [0.4, 0.5) is 5.69 Å². The summed E-state index contributed by atoms with van der Waals surface area (Å²) in [6.07, 6.45) is -0.499. The number of methoxy groups -OCH3 is 1. The molecule has 1 unspecified atom stereocenters. The Morgan fingerprint density at radius 3 is 2.69 bits per heavy atom. The Morgan fingerprint density at radius 2 is 2.19 bits per heavy atom. The van der Waals surface area contributed by atoms with Crippen LogP contribution in [0.25, 0.3) is 0 Å². The molecule has 0 saturated carbocycles. The molecule has 0 bridgehead atoms. The van der Waals surface area contributed by atoms with Gasteiger partial charge in [0, 0.05) is 11.8 Å². The van der Waals surface area contributed by atoms with Crippen molar-refractivity contribution < 1.29 is 19.4 Å². The third kappa shape index (κ3) is 2.79. The van der Waals surface area contributed by atoms with Gasteiger partial charge in [-0.15, -0.1) is 0 Å². The number of aliphatic carboxylic acids is 1. The first-order valence-corrected chi connectivity index (χ1v) is 4.91. The van der Waals surface area contributed by atoms with Crippen LogP contribution < -0.4 is 15.2 Å². The predicted molar refractivity (Wildman–Crippen MR) is 59.7 cm³/mol. The Bertz CT molecular complexity index is 378. The molecule has 0 aromatic heterocycles. The minimum Gasteiger partial charge on any atom is -0.493 e. The number of anilines is 1. The first-order valence-electron chi connectivity index (χ1n) is 4.91. The van der Waals surface area contributed by atoms with E-state index in [1.807, 2.05) is 0 Å². The van der Waals surface area contributed by atoms with E-state index in [1.165, 1.54) is 7.11 Å². The first-order chi connectivity index (χ1) is 7.58. The van der Waals surface area contributed by atoms with E-state index < -0.39 is 12.1 Å². The summed E-state index contributed by atoms with van der Waals surface area (Å²) < 4.78 is 10.4. The van der Waals surface area contributed by atoms with Gasteiger partial charge in [-0.25, -0.2) is 4.79 Å². The van der Waals surface area contributed by atoms with E-state index in [-0.39, 0.29) is 0 Å². The second-order valence-corrected chi connectivity index (χ2v) is 3.26. The van der Waals surface area contributed by atoms with E-state index in [9.17, 15) is 4.79 Å².